The molecule has 7 heteroatoms. The Balaban J connectivity index is 2.13. The van der Waals surface area contributed by atoms with Gasteiger partial charge in [0.05, 0.1) is 11.7 Å². The van der Waals surface area contributed by atoms with E-state index in [0.29, 0.717) is 10.7 Å². The molecule has 3 aromatic rings. The summed E-state index contributed by atoms with van der Waals surface area (Å²) in [7, 11) is 0. The van der Waals surface area contributed by atoms with E-state index < -0.39 is 34.8 Å². The van der Waals surface area contributed by atoms with Gasteiger partial charge in [-0.3, -0.25) is 9.78 Å². The number of carbonyl (C=O) groups is 2. The Morgan fingerprint density at radius 2 is 1.79 bits per heavy atom. The third-order valence-electron chi connectivity index (χ3n) is 4.22. The summed E-state index contributed by atoms with van der Waals surface area (Å²) in [6.45, 7) is 0. The monoisotopic (exact) mass is 399 g/mol. The van der Waals surface area contributed by atoms with Crippen LogP contribution in [-0.4, -0.2) is 26.9 Å². The van der Waals surface area contributed by atoms with Crippen molar-refractivity contribution in [2.24, 2.45) is 0 Å². The Bertz CT molecular complexity index is 1020. The van der Waals surface area contributed by atoms with Gasteiger partial charge < -0.3 is 10.2 Å². The minimum absolute atomic E-state index is 0.0816. The van der Waals surface area contributed by atoms with Crippen LogP contribution >= 0.6 is 11.6 Å². The average Bonchev–Trinajstić information content (AvgIpc) is 2.68. The first kappa shape index (κ1) is 19.7. The van der Waals surface area contributed by atoms with Crippen molar-refractivity contribution in [3.63, 3.8) is 0 Å². The molecule has 0 radical (unpaired) electrons. The van der Waals surface area contributed by atoms with Crippen molar-refractivity contribution in [3.8, 4) is 0 Å². The van der Waals surface area contributed by atoms with E-state index in [4.69, 9.17) is 11.6 Å². The van der Waals surface area contributed by atoms with Crippen molar-refractivity contribution in [2.45, 2.75) is 12.5 Å². The van der Waals surface area contributed by atoms with Gasteiger partial charge in [0.1, 0.15) is 5.82 Å². The van der Waals surface area contributed by atoms with Gasteiger partial charge in [-0.05, 0) is 48.5 Å². The Hall–Kier alpha value is -3.09. The van der Waals surface area contributed by atoms with Crippen molar-refractivity contribution >= 4 is 23.4 Å². The van der Waals surface area contributed by atoms with Crippen LogP contribution in [0.2, 0.25) is 5.02 Å². The fourth-order valence-corrected chi connectivity index (χ4v) is 3.03. The summed E-state index contributed by atoms with van der Waals surface area (Å²) in [5.41, 5.74) is -0.552. The maximum absolute atomic E-state index is 14.6. The van der Waals surface area contributed by atoms with Crippen LogP contribution in [0.25, 0.3) is 0 Å². The predicted octanol–water partition coefficient (Wildman–Crippen LogP) is 4.08. The number of rotatable bonds is 6. The Labute approximate surface area is 165 Å². The third-order valence-corrected chi connectivity index (χ3v) is 4.47. The molecule has 142 valence electrons. The second-order valence-corrected chi connectivity index (χ2v) is 6.50. The lowest BCUT2D eigenvalue weighted by atomic mass is 9.89. The molecule has 2 N–H and O–H groups in total. The molecule has 0 fully saturated rings. The van der Waals surface area contributed by atoms with Gasteiger partial charge in [-0.2, -0.15) is 0 Å². The lowest BCUT2D eigenvalue weighted by Gasteiger charge is -2.18. The summed E-state index contributed by atoms with van der Waals surface area (Å²) in [6.07, 6.45) is -0.0198. The van der Waals surface area contributed by atoms with Crippen LogP contribution in [0.4, 0.5) is 4.39 Å². The number of aromatic nitrogens is 1. The van der Waals surface area contributed by atoms with Crippen LogP contribution in [0.5, 0.6) is 0 Å². The summed E-state index contributed by atoms with van der Waals surface area (Å²) in [6, 6.07) is 12.7. The smallest absolute Gasteiger partial charge is 0.336 e. The first-order chi connectivity index (χ1) is 13.4. The maximum atomic E-state index is 14.6. The fraction of sp³-hybridized carbons (Fsp3) is 0.0952. The summed E-state index contributed by atoms with van der Waals surface area (Å²) in [5, 5.41) is 20.5. The van der Waals surface area contributed by atoms with E-state index in [-0.39, 0.29) is 17.5 Å². The summed E-state index contributed by atoms with van der Waals surface area (Å²) >= 11 is 5.83. The minimum atomic E-state index is -1.46. The molecular formula is C21H15ClFNO4. The standard InChI is InChI=1S/C21H15ClFNO4/c22-13-6-4-12(5-7-13)20(26)18-15(21(27)28)8-9-16(23)19(18)17(25)11-14-3-1-2-10-24-14/h1-10,17,25H,11H2,(H,27,28). The molecule has 3 rings (SSSR count). The molecule has 1 aromatic heterocycles. The number of nitrogens with zero attached hydrogens (tertiary/aromatic N) is 1. The van der Waals surface area contributed by atoms with Crippen molar-refractivity contribution < 1.29 is 24.2 Å². The van der Waals surface area contributed by atoms with Crippen LogP contribution in [-0.2, 0) is 6.42 Å². The highest BCUT2D eigenvalue weighted by molar-refractivity contribution is 6.30. The Kier molecular flexibility index (Phi) is 5.82. The number of carbonyl (C=O) groups excluding carboxylic acids is 1. The largest absolute Gasteiger partial charge is 0.478 e. The molecule has 0 saturated heterocycles. The molecule has 0 spiro atoms. The van der Waals surface area contributed by atoms with Gasteiger partial charge in [0, 0.05) is 40.0 Å². The highest BCUT2D eigenvalue weighted by atomic mass is 35.5. The number of benzene rings is 2. The number of aliphatic hydroxyl groups excluding tert-OH is 1. The van der Waals surface area contributed by atoms with E-state index in [2.05, 4.69) is 4.98 Å². The molecule has 0 amide bonds. The quantitative estimate of drug-likeness (QED) is 0.610. The number of ketones is 1. The zero-order valence-corrected chi connectivity index (χ0v) is 15.2. The summed E-state index contributed by atoms with van der Waals surface area (Å²) in [5.74, 6) is -2.99. The van der Waals surface area contributed by atoms with Gasteiger partial charge >= 0.3 is 5.97 Å². The fourth-order valence-electron chi connectivity index (χ4n) is 2.91. The van der Waals surface area contributed by atoms with Crippen molar-refractivity contribution in [3.05, 3.63) is 99.6 Å². The van der Waals surface area contributed by atoms with Gasteiger partial charge in [0.25, 0.3) is 0 Å². The van der Waals surface area contributed by atoms with Crippen LogP contribution in [0.1, 0.15) is 43.6 Å². The summed E-state index contributed by atoms with van der Waals surface area (Å²) in [4.78, 5) is 28.8. The first-order valence-corrected chi connectivity index (χ1v) is 8.70. The Morgan fingerprint density at radius 1 is 1.07 bits per heavy atom. The number of aromatic carboxylic acids is 1. The van der Waals surface area contributed by atoms with E-state index in [1.807, 2.05) is 0 Å². The molecule has 5 nitrogen and oxygen atoms in total. The second kappa shape index (κ2) is 8.29. The molecular weight excluding hydrogens is 385 g/mol. The van der Waals surface area contributed by atoms with E-state index in [1.54, 1.807) is 18.2 Å². The van der Waals surface area contributed by atoms with E-state index >= 15 is 0 Å². The number of carboxylic acids is 1. The van der Waals surface area contributed by atoms with E-state index in [1.165, 1.54) is 30.5 Å². The molecule has 1 atom stereocenters. The van der Waals surface area contributed by atoms with Crippen molar-refractivity contribution in [2.75, 3.05) is 0 Å². The van der Waals surface area contributed by atoms with Gasteiger partial charge in [-0.1, -0.05) is 17.7 Å². The predicted molar refractivity (Wildman–Crippen MR) is 101 cm³/mol. The van der Waals surface area contributed by atoms with Crippen LogP contribution < -0.4 is 0 Å². The molecule has 0 aliphatic carbocycles. The van der Waals surface area contributed by atoms with Gasteiger partial charge in [0.15, 0.2) is 5.78 Å². The normalized spacial score (nSPS) is 11.8. The molecule has 0 aliphatic heterocycles. The molecule has 1 heterocycles. The summed E-state index contributed by atoms with van der Waals surface area (Å²) < 4.78 is 14.6. The molecule has 0 aliphatic rings. The number of aliphatic hydroxyl groups is 1. The van der Waals surface area contributed by atoms with E-state index in [9.17, 15) is 24.2 Å². The minimum Gasteiger partial charge on any atom is -0.478 e. The Morgan fingerprint density at radius 3 is 2.39 bits per heavy atom. The average molecular weight is 400 g/mol. The molecule has 2 aromatic carbocycles. The SMILES string of the molecule is O=C(O)c1ccc(F)c(C(O)Cc2ccccn2)c1C(=O)c1ccc(Cl)cc1. The van der Waals surface area contributed by atoms with Crippen LogP contribution in [0.15, 0.2) is 60.8 Å². The van der Waals surface area contributed by atoms with E-state index in [0.717, 1.165) is 12.1 Å². The van der Waals surface area contributed by atoms with Crippen LogP contribution in [0.3, 0.4) is 0 Å². The lowest BCUT2D eigenvalue weighted by Crippen LogP contribution is -2.18. The highest BCUT2D eigenvalue weighted by Crippen LogP contribution is 2.29. The number of pyridine rings is 1. The number of carboxylic acid groups (broad SMARTS) is 1. The maximum Gasteiger partial charge on any atom is 0.336 e. The zero-order chi connectivity index (χ0) is 20.3. The number of hydrogen-bond acceptors (Lipinski definition) is 4. The van der Waals surface area contributed by atoms with Gasteiger partial charge in [0.2, 0.25) is 0 Å². The highest BCUT2D eigenvalue weighted by Gasteiger charge is 2.28. The number of halogens is 2. The molecule has 0 saturated carbocycles. The van der Waals surface area contributed by atoms with Gasteiger partial charge in [-0.25, -0.2) is 9.18 Å². The van der Waals surface area contributed by atoms with Crippen LogP contribution in [0, 0.1) is 5.82 Å². The number of hydrogen-bond donors (Lipinski definition) is 2. The topological polar surface area (TPSA) is 87.5 Å². The third kappa shape index (κ3) is 4.08. The van der Waals surface area contributed by atoms with Crippen molar-refractivity contribution in [1.29, 1.82) is 0 Å². The molecule has 0 bridgehead atoms. The molecule has 1 unspecified atom stereocenters. The lowest BCUT2D eigenvalue weighted by molar-refractivity contribution is 0.0692. The second-order valence-electron chi connectivity index (χ2n) is 6.07. The molecule has 28 heavy (non-hydrogen) atoms. The van der Waals surface area contributed by atoms with Gasteiger partial charge in [-0.15, -0.1) is 0 Å². The van der Waals surface area contributed by atoms with Crippen molar-refractivity contribution in [1.82, 2.24) is 4.98 Å². The first-order valence-electron chi connectivity index (χ1n) is 8.32. The zero-order valence-electron chi connectivity index (χ0n) is 14.5.